The molecule has 106 valence electrons. The molecule has 0 radical (unpaired) electrons. The van der Waals surface area contributed by atoms with Crippen LogP contribution in [0.25, 0.3) is 0 Å². The van der Waals surface area contributed by atoms with Crippen LogP contribution in [0, 0.1) is 0 Å². The van der Waals surface area contributed by atoms with Crippen LogP contribution in [-0.2, 0) is 6.42 Å². The van der Waals surface area contributed by atoms with Crippen LogP contribution in [0.15, 0.2) is 12.1 Å². The Morgan fingerprint density at radius 3 is 2.58 bits per heavy atom. The number of piperazine rings is 1. The lowest BCUT2D eigenvalue weighted by atomic mass is 10.1. The molecule has 0 amide bonds. The van der Waals surface area contributed by atoms with Gasteiger partial charge in [-0.15, -0.1) is 0 Å². The van der Waals surface area contributed by atoms with E-state index >= 15 is 0 Å². The summed E-state index contributed by atoms with van der Waals surface area (Å²) < 4.78 is 10.7. The number of hydrogen-bond acceptors (Lipinski definition) is 4. The molecule has 0 bridgehead atoms. The largest absolute Gasteiger partial charge is 0.497 e. The third-order valence-electron chi connectivity index (χ3n) is 3.44. The first-order chi connectivity index (χ1) is 9.24. The van der Waals surface area contributed by atoms with E-state index < -0.39 is 0 Å². The van der Waals surface area contributed by atoms with Gasteiger partial charge in [-0.25, -0.2) is 0 Å². The maximum atomic E-state index is 6.21. The Balaban J connectivity index is 2.06. The molecule has 1 aliphatic heterocycles. The van der Waals surface area contributed by atoms with E-state index in [2.05, 4.69) is 10.2 Å². The minimum atomic E-state index is 0.608. The molecular weight excluding hydrogens is 264 g/mol. The van der Waals surface area contributed by atoms with Gasteiger partial charge in [-0.05, 0) is 12.5 Å². The fraction of sp³-hybridized carbons (Fsp3) is 0.571. The van der Waals surface area contributed by atoms with E-state index in [4.69, 9.17) is 21.1 Å². The molecule has 1 aromatic rings. The molecule has 0 aromatic heterocycles. The minimum Gasteiger partial charge on any atom is -0.497 e. The van der Waals surface area contributed by atoms with Crippen LogP contribution in [0.1, 0.15) is 5.56 Å². The molecule has 1 saturated heterocycles. The highest BCUT2D eigenvalue weighted by Crippen LogP contribution is 2.33. The van der Waals surface area contributed by atoms with Crippen molar-refractivity contribution < 1.29 is 9.47 Å². The van der Waals surface area contributed by atoms with E-state index in [0.29, 0.717) is 5.02 Å². The quantitative estimate of drug-likeness (QED) is 0.894. The van der Waals surface area contributed by atoms with Crippen molar-refractivity contribution in [3.8, 4) is 11.5 Å². The van der Waals surface area contributed by atoms with Crippen molar-refractivity contribution in [2.75, 3.05) is 46.9 Å². The third kappa shape index (κ3) is 3.75. The molecule has 1 N–H and O–H groups in total. The number of nitrogens with one attached hydrogen (secondary N) is 1. The summed E-state index contributed by atoms with van der Waals surface area (Å²) in [6, 6.07) is 3.79. The van der Waals surface area contributed by atoms with Gasteiger partial charge in [-0.2, -0.15) is 0 Å². The van der Waals surface area contributed by atoms with E-state index in [1.807, 2.05) is 6.07 Å². The van der Waals surface area contributed by atoms with Gasteiger partial charge in [-0.1, -0.05) is 11.6 Å². The van der Waals surface area contributed by atoms with Gasteiger partial charge in [0.1, 0.15) is 11.5 Å². The van der Waals surface area contributed by atoms with Crippen molar-refractivity contribution in [1.82, 2.24) is 10.2 Å². The molecule has 1 heterocycles. The van der Waals surface area contributed by atoms with Gasteiger partial charge in [0.15, 0.2) is 0 Å². The molecule has 1 aromatic carbocycles. The molecule has 0 aliphatic carbocycles. The van der Waals surface area contributed by atoms with Crippen LogP contribution >= 0.6 is 11.6 Å². The van der Waals surface area contributed by atoms with Crippen LogP contribution in [0.4, 0.5) is 0 Å². The van der Waals surface area contributed by atoms with E-state index in [1.54, 1.807) is 20.3 Å². The molecule has 1 aliphatic rings. The van der Waals surface area contributed by atoms with Crippen LogP contribution in [0.3, 0.4) is 0 Å². The Labute approximate surface area is 119 Å². The van der Waals surface area contributed by atoms with Crippen LogP contribution in [-0.4, -0.2) is 51.8 Å². The lowest BCUT2D eigenvalue weighted by Gasteiger charge is -2.27. The smallest absolute Gasteiger partial charge is 0.140 e. The second kappa shape index (κ2) is 6.98. The molecule has 1 fully saturated rings. The van der Waals surface area contributed by atoms with Crippen molar-refractivity contribution in [2.24, 2.45) is 0 Å². The minimum absolute atomic E-state index is 0.608. The molecule has 0 atom stereocenters. The highest BCUT2D eigenvalue weighted by Gasteiger charge is 2.14. The lowest BCUT2D eigenvalue weighted by Crippen LogP contribution is -2.44. The molecular formula is C14H21ClN2O2. The summed E-state index contributed by atoms with van der Waals surface area (Å²) in [6.45, 7) is 5.34. The van der Waals surface area contributed by atoms with Gasteiger partial charge >= 0.3 is 0 Å². The standard InChI is InChI=1S/C14H21ClN2O2/c1-18-12-9-11(14(19-2)13(15)10-12)3-6-17-7-4-16-5-8-17/h9-10,16H,3-8H2,1-2H3. The van der Waals surface area contributed by atoms with Gasteiger partial charge in [0.2, 0.25) is 0 Å². The molecule has 4 nitrogen and oxygen atoms in total. The molecule has 0 unspecified atom stereocenters. The zero-order chi connectivity index (χ0) is 13.7. The van der Waals surface area contributed by atoms with Gasteiger partial charge in [0, 0.05) is 44.4 Å². The number of hydrogen-bond donors (Lipinski definition) is 1. The van der Waals surface area contributed by atoms with Crippen molar-refractivity contribution in [3.63, 3.8) is 0 Å². The molecule has 0 saturated carbocycles. The van der Waals surface area contributed by atoms with Crippen molar-refractivity contribution >= 4 is 11.6 Å². The van der Waals surface area contributed by atoms with Crippen molar-refractivity contribution in [1.29, 1.82) is 0 Å². The fourth-order valence-electron chi connectivity index (χ4n) is 2.37. The number of benzene rings is 1. The monoisotopic (exact) mass is 284 g/mol. The first-order valence-corrected chi connectivity index (χ1v) is 6.96. The molecule has 5 heteroatoms. The zero-order valence-corrected chi connectivity index (χ0v) is 12.3. The highest BCUT2D eigenvalue weighted by molar-refractivity contribution is 6.32. The topological polar surface area (TPSA) is 33.7 Å². The summed E-state index contributed by atoms with van der Waals surface area (Å²) in [4.78, 5) is 2.45. The van der Waals surface area contributed by atoms with Gasteiger partial charge in [-0.3, -0.25) is 0 Å². The zero-order valence-electron chi connectivity index (χ0n) is 11.5. The van der Waals surface area contributed by atoms with Gasteiger partial charge in [0.25, 0.3) is 0 Å². The maximum Gasteiger partial charge on any atom is 0.140 e. The maximum absolute atomic E-state index is 6.21. The number of halogens is 1. The lowest BCUT2D eigenvalue weighted by molar-refractivity contribution is 0.243. The number of rotatable bonds is 5. The summed E-state index contributed by atoms with van der Waals surface area (Å²) in [7, 11) is 3.31. The van der Waals surface area contributed by atoms with E-state index in [1.165, 1.54) is 0 Å². The Morgan fingerprint density at radius 2 is 1.95 bits per heavy atom. The number of ether oxygens (including phenoxy) is 2. The van der Waals surface area contributed by atoms with Crippen molar-refractivity contribution in [2.45, 2.75) is 6.42 Å². The van der Waals surface area contributed by atoms with E-state index in [-0.39, 0.29) is 0 Å². The van der Waals surface area contributed by atoms with Gasteiger partial charge < -0.3 is 19.7 Å². The van der Waals surface area contributed by atoms with E-state index in [0.717, 1.165) is 56.2 Å². The molecule has 19 heavy (non-hydrogen) atoms. The average Bonchev–Trinajstić information content (AvgIpc) is 2.45. The highest BCUT2D eigenvalue weighted by atomic mass is 35.5. The number of nitrogens with zero attached hydrogens (tertiary/aromatic N) is 1. The van der Waals surface area contributed by atoms with Gasteiger partial charge in [0.05, 0.1) is 19.2 Å². The predicted octanol–water partition coefficient (Wildman–Crippen LogP) is 1.80. The molecule has 0 spiro atoms. The average molecular weight is 285 g/mol. The SMILES string of the molecule is COc1cc(Cl)c(OC)c(CCN2CCNCC2)c1. The first-order valence-electron chi connectivity index (χ1n) is 6.58. The van der Waals surface area contributed by atoms with E-state index in [9.17, 15) is 0 Å². The third-order valence-corrected chi connectivity index (χ3v) is 3.72. The number of methoxy groups -OCH3 is 2. The van der Waals surface area contributed by atoms with Crippen LogP contribution in [0.5, 0.6) is 11.5 Å². The second-order valence-electron chi connectivity index (χ2n) is 4.64. The normalized spacial score (nSPS) is 16.4. The summed E-state index contributed by atoms with van der Waals surface area (Å²) in [5, 5.41) is 3.96. The summed E-state index contributed by atoms with van der Waals surface area (Å²) in [5.74, 6) is 1.54. The fourth-order valence-corrected chi connectivity index (χ4v) is 2.67. The predicted molar refractivity (Wildman–Crippen MR) is 77.6 cm³/mol. The van der Waals surface area contributed by atoms with Crippen LogP contribution < -0.4 is 14.8 Å². The van der Waals surface area contributed by atoms with Crippen LogP contribution in [0.2, 0.25) is 5.02 Å². The van der Waals surface area contributed by atoms with Crippen molar-refractivity contribution in [3.05, 3.63) is 22.7 Å². The Kier molecular flexibility index (Phi) is 5.31. The Hall–Kier alpha value is -0.970. The second-order valence-corrected chi connectivity index (χ2v) is 5.05. The summed E-state index contributed by atoms with van der Waals surface area (Å²) >= 11 is 6.21. The Morgan fingerprint density at radius 1 is 1.21 bits per heavy atom. The molecule has 2 rings (SSSR count). The summed E-state index contributed by atoms with van der Waals surface area (Å²) in [6.07, 6.45) is 0.917. The Bertz CT molecular complexity index is 420. The summed E-state index contributed by atoms with van der Waals surface area (Å²) in [5.41, 5.74) is 1.10. The first kappa shape index (κ1) is 14.4.